The molecular weight excluding hydrogens is 224 g/mol. The molecule has 0 fully saturated rings. The number of nitrogen functional groups attached to an aromatic ring is 1. The predicted octanol–water partition coefficient (Wildman–Crippen LogP) is -0.0704. The third-order valence-corrected chi connectivity index (χ3v) is 2.32. The Bertz CT molecular complexity index is 408. The Hall–Kier alpha value is -1.66. The molecule has 0 aliphatic carbocycles. The minimum absolute atomic E-state index is 0.136. The average molecular weight is 240 g/mol. The minimum Gasteiger partial charge on any atom is -0.464 e. The summed E-state index contributed by atoms with van der Waals surface area (Å²) in [6.07, 6.45) is -1.68. The molecule has 1 aromatic heterocycles. The zero-order valence-electron chi connectivity index (χ0n) is 9.75. The van der Waals surface area contributed by atoms with Crippen molar-refractivity contribution in [2.45, 2.75) is 26.1 Å². The summed E-state index contributed by atoms with van der Waals surface area (Å²) in [6.45, 7) is 3.46. The molecule has 17 heavy (non-hydrogen) atoms. The maximum absolute atomic E-state index is 11.2. The molecule has 1 aromatic rings. The number of rotatable bonds is 4. The van der Waals surface area contributed by atoms with Crippen molar-refractivity contribution >= 4 is 11.7 Å². The Morgan fingerprint density at radius 1 is 1.59 bits per heavy atom. The number of aliphatic hydroxyl groups excluding tert-OH is 2. The first kappa shape index (κ1) is 13.4. The summed E-state index contributed by atoms with van der Waals surface area (Å²) in [6, 6.07) is 1.47. The summed E-state index contributed by atoms with van der Waals surface area (Å²) in [5.74, 6) is -0.876. The molecule has 0 radical (unpaired) electrons. The van der Waals surface area contributed by atoms with Crippen LogP contribution in [0.5, 0.6) is 0 Å². The van der Waals surface area contributed by atoms with Crippen LogP contribution in [0.3, 0.4) is 0 Å². The van der Waals surface area contributed by atoms with E-state index < -0.39 is 18.2 Å². The van der Waals surface area contributed by atoms with Gasteiger partial charge >= 0.3 is 5.97 Å². The summed E-state index contributed by atoms with van der Waals surface area (Å²) in [7, 11) is 0. The van der Waals surface area contributed by atoms with Gasteiger partial charge < -0.3 is 20.7 Å². The zero-order valence-corrected chi connectivity index (χ0v) is 9.75. The number of aromatic nitrogens is 1. The molecule has 2 unspecified atom stereocenters. The molecule has 0 spiro atoms. The van der Waals surface area contributed by atoms with Crippen LogP contribution >= 0.6 is 0 Å². The third kappa shape index (κ3) is 3.15. The number of pyridine rings is 1. The van der Waals surface area contributed by atoms with Crippen LogP contribution in [0.2, 0.25) is 0 Å². The zero-order chi connectivity index (χ0) is 13.0. The van der Waals surface area contributed by atoms with Crippen LogP contribution in [-0.2, 0) is 9.53 Å². The molecule has 94 valence electrons. The monoisotopic (exact) mass is 240 g/mol. The van der Waals surface area contributed by atoms with E-state index in [0.29, 0.717) is 11.4 Å². The second kappa shape index (κ2) is 5.60. The van der Waals surface area contributed by atoms with E-state index >= 15 is 0 Å². The first-order valence-electron chi connectivity index (χ1n) is 5.22. The fourth-order valence-corrected chi connectivity index (χ4v) is 1.27. The quantitative estimate of drug-likeness (QED) is 0.636. The first-order chi connectivity index (χ1) is 7.97. The number of carbonyl (C=O) groups excluding carboxylic acids is 1. The van der Waals surface area contributed by atoms with Gasteiger partial charge in [-0.05, 0) is 19.9 Å². The van der Waals surface area contributed by atoms with E-state index in [1.54, 1.807) is 13.8 Å². The van der Waals surface area contributed by atoms with Crippen LogP contribution in [-0.4, -0.2) is 33.9 Å². The SMILES string of the molecule is CCOC(=O)C(O)C(O)c1cnc(C)c(N)c1. The van der Waals surface area contributed by atoms with Gasteiger partial charge in [-0.1, -0.05) is 0 Å². The molecule has 0 aliphatic rings. The summed E-state index contributed by atoms with van der Waals surface area (Å²) in [5.41, 5.74) is 6.90. The summed E-state index contributed by atoms with van der Waals surface area (Å²) >= 11 is 0. The molecule has 6 nitrogen and oxygen atoms in total. The Balaban J connectivity index is 2.84. The molecule has 0 saturated carbocycles. The minimum atomic E-state index is -1.64. The Kier molecular flexibility index (Phi) is 4.42. The lowest BCUT2D eigenvalue weighted by molar-refractivity contribution is -0.159. The maximum atomic E-state index is 11.2. The number of aryl methyl sites for hydroxylation is 1. The van der Waals surface area contributed by atoms with Gasteiger partial charge in [0, 0.05) is 11.8 Å². The predicted molar refractivity (Wildman–Crippen MR) is 61.0 cm³/mol. The molecular formula is C11H16N2O4. The van der Waals surface area contributed by atoms with Crippen molar-refractivity contribution in [3.63, 3.8) is 0 Å². The number of hydrogen-bond acceptors (Lipinski definition) is 6. The van der Waals surface area contributed by atoms with Crippen LogP contribution < -0.4 is 5.73 Å². The van der Waals surface area contributed by atoms with Crippen molar-refractivity contribution in [3.05, 3.63) is 23.5 Å². The van der Waals surface area contributed by atoms with Crippen molar-refractivity contribution in [2.24, 2.45) is 0 Å². The fourth-order valence-electron chi connectivity index (χ4n) is 1.27. The molecule has 0 bridgehead atoms. The number of aliphatic hydroxyl groups is 2. The third-order valence-electron chi connectivity index (χ3n) is 2.32. The van der Waals surface area contributed by atoms with Crippen LogP contribution in [0.25, 0.3) is 0 Å². The fraction of sp³-hybridized carbons (Fsp3) is 0.455. The first-order valence-corrected chi connectivity index (χ1v) is 5.22. The molecule has 0 amide bonds. The van der Waals surface area contributed by atoms with Gasteiger partial charge in [0.2, 0.25) is 0 Å². The topological polar surface area (TPSA) is 106 Å². The molecule has 4 N–H and O–H groups in total. The number of nitrogens with two attached hydrogens (primary N) is 1. The van der Waals surface area contributed by atoms with Crippen molar-refractivity contribution in [3.8, 4) is 0 Å². The van der Waals surface area contributed by atoms with Crippen LogP contribution in [0.1, 0.15) is 24.3 Å². The van der Waals surface area contributed by atoms with Crippen molar-refractivity contribution in [2.75, 3.05) is 12.3 Å². The van der Waals surface area contributed by atoms with E-state index in [-0.39, 0.29) is 12.2 Å². The highest BCUT2D eigenvalue weighted by molar-refractivity contribution is 5.75. The van der Waals surface area contributed by atoms with Gasteiger partial charge in [0.1, 0.15) is 6.10 Å². The summed E-state index contributed by atoms with van der Waals surface area (Å²) in [4.78, 5) is 15.2. The number of carbonyl (C=O) groups is 1. The van der Waals surface area contributed by atoms with Crippen LogP contribution in [0.4, 0.5) is 5.69 Å². The molecule has 1 rings (SSSR count). The normalized spacial score (nSPS) is 14.1. The highest BCUT2D eigenvalue weighted by Gasteiger charge is 2.27. The van der Waals surface area contributed by atoms with Crippen LogP contribution in [0.15, 0.2) is 12.3 Å². The molecule has 1 heterocycles. The molecule has 0 aliphatic heterocycles. The average Bonchev–Trinajstić information content (AvgIpc) is 2.31. The second-order valence-corrected chi connectivity index (χ2v) is 3.59. The van der Waals surface area contributed by atoms with Gasteiger partial charge in [-0.2, -0.15) is 0 Å². The van der Waals surface area contributed by atoms with Gasteiger partial charge in [-0.15, -0.1) is 0 Å². The standard InChI is InChI=1S/C11H16N2O4/c1-3-17-11(16)10(15)9(14)7-4-8(12)6(2)13-5-7/h4-5,9-10,14-15H,3,12H2,1-2H3. The Morgan fingerprint density at radius 3 is 2.76 bits per heavy atom. The van der Waals surface area contributed by atoms with Crippen molar-refractivity contribution in [1.82, 2.24) is 4.98 Å². The highest BCUT2D eigenvalue weighted by Crippen LogP contribution is 2.20. The number of hydrogen-bond donors (Lipinski definition) is 3. The van der Waals surface area contributed by atoms with E-state index in [1.807, 2.05) is 0 Å². The lowest BCUT2D eigenvalue weighted by Gasteiger charge is -2.17. The largest absolute Gasteiger partial charge is 0.464 e. The van der Waals surface area contributed by atoms with E-state index in [9.17, 15) is 15.0 Å². The van der Waals surface area contributed by atoms with Gasteiger partial charge in [0.15, 0.2) is 6.10 Å². The molecule has 6 heteroatoms. The maximum Gasteiger partial charge on any atom is 0.338 e. The lowest BCUT2D eigenvalue weighted by atomic mass is 10.1. The van der Waals surface area contributed by atoms with Crippen LogP contribution in [0, 0.1) is 6.92 Å². The highest BCUT2D eigenvalue weighted by atomic mass is 16.5. The number of esters is 1. The number of ether oxygens (including phenoxy) is 1. The van der Waals surface area contributed by atoms with E-state index in [2.05, 4.69) is 9.72 Å². The Morgan fingerprint density at radius 2 is 2.24 bits per heavy atom. The summed E-state index contributed by atoms with van der Waals surface area (Å²) < 4.78 is 4.60. The molecule has 0 aromatic carbocycles. The van der Waals surface area contributed by atoms with E-state index in [0.717, 1.165) is 0 Å². The van der Waals surface area contributed by atoms with E-state index in [4.69, 9.17) is 5.73 Å². The van der Waals surface area contributed by atoms with Gasteiger partial charge in [-0.3, -0.25) is 4.98 Å². The van der Waals surface area contributed by atoms with Gasteiger partial charge in [-0.25, -0.2) is 4.79 Å². The molecule has 2 atom stereocenters. The number of anilines is 1. The number of nitrogens with zero attached hydrogens (tertiary/aromatic N) is 1. The smallest absolute Gasteiger partial charge is 0.338 e. The second-order valence-electron chi connectivity index (χ2n) is 3.59. The summed E-state index contributed by atoms with van der Waals surface area (Å²) in [5, 5.41) is 19.3. The Labute approximate surface area is 99.0 Å². The van der Waals surface area contributed by atoms with Gasteiger partial charge in [0.05, 0.1) is 18.0 Å². The van der Waals surface area contributed by atoms with Gasteiger partial charge in [0.25, 0.3) is 0 Å². The molecule has 0 saturated heterocycles. The van der Waals surface area contributed by atoms with Crippen molar-refractivity contribution in [1.29, 1.82) is 0 Å². The lowest BCUT2D eigenvalue weighted by Crippen LogP contribution is -2.30. The van der Waals surface area contributed by atoms with E-state index in [1.165, 1.54) is 12.3 Å². The van der Waals surface area contributed by atoms with Crippen molar-refractivity contribution < 1.29 is 19.7 Å².